The number of aromatic nitrogens is 4. The first-order chi connectivity index (χ1) is 11.6. The molecule has 0 radical (unpaired) electrons. The highest BCUT2D eigenvalue weighted by atomic mass is 32.2. The van der Waals surface area contributed by atoms with Crippen molar-refractivity contribution in [2.45, 2.75) is 12.1 Å². The summed E-state index contributed by atoms with van der Waals surface area (Å²) < 4.78 is 6.75. The number of aliphatic carboxylic acids is 1. The number of carbonyl (C=O) groups excluding carboxylic acids is 1. The van der Waals surface area contributed by atoms with Crippen LogP contribution in [-0.2, 0) is 4.79 Å². The van der Waals surface area contributed by atoms with Crippen LogP contribution in [0.1, 0.15) is 11.5 Å². The summed E-state index contributed by atoms with van der Waals surface area (Å²) in [6.07, 6.45) is 4.74. The van der Waals surface area contributed by atoms with Crippen molar-refractivity contribution < 1.29 is 14.3 Å². The van der Waals surface area contributed by atoms with Crippen LogP contribution in [-0.4, -0.2) is 37.8 Å². The fraction of sp³-hybridized carbons (Fsp3) is 0.133. The van der Waals surface area contributed by atoms with E-state index in [4.69, 9.17) is 4.42 Å². The molecule has 0 aliphatic carbocycles. The first kappa shape index (κ1) is 15.9. The number of hydrogen-bond acceptors (Lipinski definition) is 8. The van der Waals surface area contributed by atoms with Crippen molar-refractivity contribution in [3.05, 3.63) is 48.2 Å². The molecule has 0 aliphatic heterocycles. The van der Waals surface area contributed by atoms with Crippen LogP contribution in [0, 0.1) is 6.92 Å². The predicted molar refractivity (Wildman–Crippen MR) is 85.4 cm³/mol. The third kappa shape index (κ3) is 3.51. The molecule has 0 bridgehead atoms. The molecule has 3 heterocycles. The van der Waals surface area contributed by atoms with Gasteiger partial charge in [-0.3, -0.25) is 4.98 Å². The second-order valence-corrected chi connectivity index (χ2v) is 5.61. The Labute approximate surface area is 141 Å². The molecule has 0 fully saturated rings. The van der Waals surface area contributed by atoms with Crippen LogP contribution in [0.5, 0.6) is 0 Å². The van der Waals surface area contributed by atoms with E-state index in [0.717, 1.165) is 17.3 Å². The van der Waals surface area contributed by atoms with Gasteiger partial charge in [-0.1, -0.05) is 17.8 Å². The van der Waals surface area contributed by atoms with E-state index in [0.29, 0.717) is 22.4 Å². The van der Waals surface area contributed by atoms with Gasteiger partial charge in [0, 0.05) is 11.9 Å². The molecule has 0 aromatic carbocycles. The average Bonchev–Trinajstić information content (AvgIpc) is 3.17. The van der Waals surface area contributed by atoms with E-state index in [1.165, 1.54) is 4.68 Å². The van der Waals surface area contributed by atoms with Crippen molar-refractivity contribution in [1.82, 2.24) is 19.9 Å². The first-order valence-electron chi connectivity index (χ1n) is 6.93. The summed E-state index contributed by atoms with van der Waals surface area (Å²) in [5.74, 6) is -0.326. The molecule has 0 saturated heterocycles. The average molecular weight is 342 g/mol. The zero-order chi connectivity index (χ0) is 16.9. The maximum absolute atomic E-state index is 10.7. The van der Waals surface area contributed by atoms with E-state index in [2.05, 4.69) is 20.3 Å². The molecular weight excluding hydrogens is 330 g/mol. The van der Waals surface area contributed by atoms with Crippen LogP contribution in [0.4, 0.5) is 0 Å². The van der Waals surface area contributed by atoms with Gasteiger partial charge in [0.1, 0.15) is 5.76 Å². The third-order valence-electron chi connectivity index (χ3n) is 3.02. The van der Waals surface area contributed by atoms with E-state index in [1.807, 2.05) is 6.07 Å². The number of pyridine rings is 1. The topological polar surface area (TPSA) is 109 Å². The Bertz CT molecular complexity index is 872. The van der Waals surface area contributed by atoms with Gasteiger partial charge in [-0.2, -0.15) is 9.78 Å². The molecule has 3 aromatic heterocycles. The minimum absolute atomic E-state index is 0.248. The summed E-state index contributed by atoms with van der Waals surface area (Å²) in [6, 6.07) is 7.19. The van der Waals surface area contributed by atoms with Crippen molar-refractivity contribution in [3.8, 4) is 11.4 Å². The van der Waals surface area contributed by atoms with Gasteiger partial charge in [-0.15, -0.1) is 10.2 Å². The van der Waals surface area contributed by atoms with E-state index >= 15 is 0 Å². The minimum Gasteiger partial charge on any atom is -0.549 e. The van der Waals surface area contributed by atoms with Gasteiger partial charge in [0.05, 0.1) is 29.7 Å². The molecule has 0 saturated carbocycles. The van der Waals surface area contributed by atoms with Crippen LogP contribution >= 0.6 is 11.8 Å². The van der Waals surface area contributed by atoms with Crippen LogP contribution < -0.4 is 5.11 Å². The maximum Gasteiger partial charge on any atom is 0.212 e. The summed E-state index contributed by atoms with van der Waals surface area (Å²) in [4.78, 5) is 14.9. The summed E-state index contributed by atoms with van der Waals surface area (Å²) in [7, 11) is 0. The summed E-state index contributed by atoms with van der Waals surface area (Å²) in [5, 5.41) is 23.5. The van der Waals surface area contributed by atoms with E-state index in [-0.39, 0.29) is 5.75 Å². The Kier molecular flexibility index (Phi) is 4.71. The number of hydrogen-bond donors (Lipinski definition) is 0. The molecule has 122 valence electrons. The lowest BCUT2D eigenvalue weighted by Gasteiger charge is -2.04. The van der Waals surface area contributed by atoms with Crippen molar-refractivity contribution in [3.63, 3.8) is 0 Å². The maximum atomic E-state index is 10.7. The van der Waals surface area contributed by atoms with Crippen LogP contribution in [0.25, 0.3) is 11.4 Å². The Morgan fingerprint density at radius 1 is 1.42 bits per heavy atom. The SMILES string of the molecule is Cc1occc1-c1nnc(SCC(=O)[O-])n1/N=C\c1ccccn1. The molecule has 24 heavy (non-hydrogen) atoms. The van der Waals surface area contributed by atoms with E-state index in [1.54, 1.807) is 43.8 Å². The first-order valence-corrected chi connectivity index (χ1v) is 7.91. The summed E-state index contributed by atoms with van der Waals surface area (Å²) >= 11 is 0.977. The number of rotatable bonds is 6. The molecule has 9 heteroatoms. The minimum atomic E-state index is -1.19. The highest BCUT2D eigenvalue weighted by Crippen LogP contribution is 2.26. The fourth-order valence-corrected chi connectivity index (χ4v) is 2.54. The van der Waals surface area contributed by atoms with Crippen molar-refractivity contribution in [1.29, 1.82) is 0 Å². The van der Waals surface area contributed by atoms with Gasteiger partial charge >= 0.3 is 0 Å². The lowest BCUT2D eigenvalue weighted by Crippen LogP contribution is -2.24. The highest BCUT2D eigenvalue weighted by Gasteiger charge is 2.17. The molecule has 0 N–H and O–H groups in total. The highest BCUT2D eigenvalue weighted by molar-refractivity contribution is 7.99. The molecule has 8 nitrogen and oxygen atoms in total. The smallest absolute Gasteiger partial charge is 0.212 e. The molecule has 0 amide bonds. The molecule has 3 aromatic rings. The number of furan rings is 1. The number of thioether (sulfide) groups is 1. The number of carboxylic acids is 1. The summed E-state index contributed by atoms with van der Waals surface area (Å²) in [6.45, 7) is 1.80. The Hall–Kier alpha value is -2.94. The van der Waals surface area contributed by atoms with Crippen LogP contribution in [0.3, 0.4) is 0 Å². The molecule has 0 atom stereocenters. The van der Waals surface area contributed by atoms with Crippen molar-refractivity contribution >= 4 is 23.9 Å². The van der Waals surface area contributed by atoms with Gasteiger partial charge in [-0.25, -0.2) is 0 Å². The van der Waals surface area contributed by atoms with Crippen molar-refractivity contribution in [2.24, 2.45) is 5.10 Å². The monoisotopic (exact) mass is 342 g/mol. The second kappa shape index (κ2) is 7.09. The molecule has 0 unspecified atom stereocenters. The Morgan fingerprint density at radius 2 is 2.29 bits per heavy atom. The van der Waals surface area contributed by atoms with E-state index in [9.17, 15) is 9.90 Å². The molecule has 0 spiro atoms. The van der Waals surface area contributed by atoms with Crippen molar-refractivity contribution in [2.75, 3.05) is 5.75 Å². The van der Waals surface area contributed by atoms with Gasteiger partial charge in [0.25, 0.3) is 0 Å². The number of nitrogens with zero attached hydrogens (tertiary/aromatic N) is 5. The molecule has 0 aliphatic rings. The largest absolute Gasteiger partial charge is 0.549 e. The van der Waals surface area contributed by atoms with Gasteiger partial charge in [0.2, 0.25) is 5.16 Å². The quantitative estimate of drug-likeness (QED) is 0.485. The second-order valence-electron chi connectivity index (χ2n) is 4.67. The lowest BCUT2D eigenvalue weighted by atomic mass is 10.2. The van der Waals surface area contributed by atoms with Crippen LogP contribution in [0.15, 0.2) is 51.4 Å². The third-order valence-corrected chi connectivity index (χ3v) is 3.92. The number of carboxylic acid groups (broad SMARTS) is 1. The normalized spacial score (nSPS) is 11.2. The Balaban J connectivity index is 1.99. The number of aryl methyl sites for hydroxylation is 1. The van der Waals surface area contributed by atoms with Gasteiger partial charge in [-0.05, 0) is 25.1 Å². The standard InChI is InChI=1S/C15H13N5O3S/c1-10-12(5-7-23-10)14-18-19-15(24-9-13(21)22)20(14)17-8-11-4-2-3-6-16-11/h2-8H,9H2,1H3,(H,21,22)/p-1/b17-8-. The zero-order valence-corrected chi connectivity index (χ0v) is 13.4. The predicted octanol–water partition coefficient (Wildman–Crippen LogP) is 0.966. The summed E-state index contributed by atoms with van der Waals surface area (Å²) in [5.41, 5.74) is 1.37. The molecule has 3 rings (SSSR count). The Morgan fingerprint density at radius 3 is 2.96 bits per heavy atom. The molecular formula is C15H12N5O3S-. The van der Waals surface area contributed by atoms with Gasteiger partial charge in [0.15, 0.2) is 5.82 Å². The zero-order valence-electron chi connectivity index (χ0n) is 12.6. The fourth-order valence-electron chi connectivity index (χ4n) is 1.94. The number of carbonyl (C=O) groups is 1. The van der Waals surface area contributed by atoms with E-state index < -0.39 is 5.97 Å². The lowest BCUT2D eigenvalue weighted by molar-refractivity contribution is -0.301. The van der Waals surface area contributed by atoms with Crippen LogP contribution in [0.2, 0.25) is 0 Å². The van der Waals surface area contributed by atoms with Gasteiger partial charge < -0.3 is 14.3 Å².